The van der Waals surface area contributed by atoms with Crippen LogP contribution in [0.3, 0.4) is 0 Å². The van der Waals surface area contributed by atoms with Crippen molar-refractivity contribution in [3.8, 4) is 57.5 Å². The molecule has 0 bridgehead atoms. The van der Waals surface area contributed by atoms with Crippen LogP contribution < -0.4 is 9.47 Å². The minimum absolute atomic E-state index is 0.0181. The van der Waals surface area contributed by atoms with Crippen LogP contribution in [0, 0.1) is 11.8 Å². The molecule has 8 N–H and O–H groups in total. The number of phenolic OH excluding ortho intramolecular Hbond substituents is 8. The van der Waals surface area contributed by atoms with Crippen molar-refractivity contribution in [2.45, 2.75) is 138 Å². The van der Waals surface area contributed by atoms with Gasteiger partial charge in [-0.2, -0.15) is 0 Å². The van der Waals surface area contributed by atoms with Crippen molar-refractivity contribution < 1.29 is 50.3 Å². The number of ether oxygens (including phenoxy) is 2. The van der Waals surface area contributed by atoms with Crippen LogP contribution in [0.25, 0.3) is 0 Å². The van der Waals surface area contributed by atoms with Gasteiger partial charge in [-0.05, 0) is 101 Å². The molecule has 4 fully saturated rings. The van der Waals surface area contributed by atoms with Crippen molar-refractivity contribution in [2.75, 3.05) is 0 Å². The Bertz CT molecular complexity index is 2200. The average Bonchev–Trinajstić information content (AvgIpc) is 3.22. The second-order valence-electron chi connectivity index (χ2n) is 18.0. The Labute approximate surface area is 339 Å². The molecule has 0 radical (unpaired) electrons. The zero-order chi connectivity index (χ0) is 40.5. The van der Waals surface area contributed by atoms with E-state index >= 15 is 0 Å². The summed E-state index contributed by atoms with van der Waals surface area (Å²) in [5.74, 6) is -0.0955. The molecule has 4 atom stereocenters. The fourth-order valence-corrected chi connectivity index (χ4v) is 12.9. The molecular formula is C48H56O10. The average molecular weight is 793 g/mol. The molecule has 2 spiro atoms. The number of aromatic hydroxyl groups is 8. The van der Waals surface area contributed by atoms with E-state index in [2.05, 4.69) is 6.07 Å². The molecule has 4 unspecified atom stereocenters. The van der Waals surface area contributed by atoms with Gasteiger partial charge in [-0.15, -0.1) is 0 Å². The standard InChI is InChI=1S/C24H28O6.C24H28O4/c25-16-9-7-14(19(27)20(16)28)24-13-5-2-6-18(24)23(11-3-1-4-12-23)15-8-10-17(26)21(29)22(15)30-24;25-16-7-9-18(20(27)14-16)24-13-5-2-6-22(24)23(11-3-1-4-12-23)19-10-8-17(26)15-21(19)28-24/h7-10,18,25-29H,1-6,11-13H2;7-10,14-15,22,25-27H,1-6,11-13H2. The van der Waals surface area contributed by atoms with Crippen LogP contribution >= 0.6 is 0 Å². The first-order valence-electron chi connectivity index (χ1n) is 21.5. The van der Waals surface area contributed by atoms with Gasteiger partial charge in [-0.3, -0.25) is 0 Å². The molecule has 6 aliphatic rings. The van der Waals surface area contributed by atoms with Crippen molar-refractivity contribution in [1.29, 1.82) is 0 Å². The monoisotopic (exact) mass is 792 g/mol. The largest absolute Gasteiger partial charge is 0.508 e. The van der Waals surface area contributed by atoms with Crippen LogP contribution in [-0.4, -0.2) is 40.9 Å². The van der Waals surface area contributed by atoms with Crippen molar-refractivity contribution >= 4 is 0 Å². The molecule has 2 aliphatic heterocycles. The van der Waals surface area contributed by atoms with E-state index in [0.717, 1.165) is 100 Å². The van der Waals surface area contributed by atoms with E-state index in [9.17, 15) is 40.9 Å². The summed E-state index contributed by atoms with van der Waals surface area (Å²) < 4.78 is 13.3. The molecule has 4 aliphatic carbocycles. The lowest BCUT2D eigenvalue weighted by molar-refractivity contribution is -0.0975. The lowest BCUT2D eigenvalue weighted by Gasteiger charge is -2.58. The highest BCUT2D eigenvalue weighted by Gasteiger charge is 2.62. The minimum atomic E-state index is -0.955. The first-order valence-corrected chi connectivity index (χ1v) is 21.5. The Morgan fingerprint density at radius 2 is 0.879 bits per heavy atom. The predicted octanol–water partition coefficient (Wildman–Crippen LogP) is 10.4. The van der Waals surface area contributed by atoms with Crippen LogP contribution in [0.2, 0.25) is 0 Å². The molecule has 0 saturated heterocycles. The van der Waals surface area contributed by atoms with Gasteiger partial charge in [-0.25, -0.2) is 0 Å². The summed E-state index contributed by atoms with van der Waals surface area (Å²) in [7, 11) is 0. The maximum Gasteiger partial charge on any atom is 0.200 e. The van der Waals surface area contributed by atoms with E-state index in [1.54, 1.807) is 24.3 Å². The predicted molar refractivity (Wildman–Crippen MR) is 217 cm³/mol. The van der Waals surface area contributed by atoms with Crippen LogP contribution in [0.4, 0.5) is 0 Å². The van der Waals surface area contributed by atoms with Crippen molar-refractivity contribution in [1.82, 2.24) is 0 Å². The summed E-state index contributed by atoms with van der Waals surface area (Å²) in [6.07, 6.45) is 18.7. The van der Waals surface area contributed by atoms with Crippen LogP contribution in [0.1, 0.15) is 138 Å². The number of benzene rings is 4. The lowest BCUT2D eigenvalue weighted by atomic mass is 9.51. The molecule has 4 aromatic carbocycles. The summed E-state index contributed by atoms with van der Waals surface area (Å²) in [4.78, 5) is 0. The zero-order valence-electron chi connectivity index (χ0n) is 33.1. The normalized spacial score (nSPS) is 27.7. The van der Waals surface area contributed by atoms with Gasteiger partial charge in [0.25, 0.3) is 0 Å². The highest BCUT2D eigenvalue weighted by molar-refractivity contribution is 5.62. The van der Waals surface area contributed by atoms with Crippen LogP contribution in [0.5, 0.6) is 57.5 Å². The minimum Gasteiger partial charge on any atom is -0.508 e. The van der Waals surface area contributed by atoms with Crippen LogP contribution in [0.15, 0.2) is 60.7 Å². The van der Waals surface area contributed by atoms with E-state index in [1.165, 1.54) is 49.4 Å². The maximum absolute atomic E-state index is 10.8. The SMILES string of the molecule is Oc1ccc(C23CCCCC2C2(CCCCC2)c2ccc(O)c(O)c2O3)c(O)c1O.Oc1ccc(C23CCCCC2C2(CCCCC2)c2ccc(O)cc2O3)c(O)c1. The molecule has 10 heteroatoms. The van der Waals surface area contributed by atoms with Gasteiger partial charge in [-0.1, -0.05) is 63.5 Å². The summed E-state index contributed by atoms with van der Waals surface area (Å²) in [6, 6.07) is 16.9. The first kappa shape index (κ1) is 38.4. The van der Waals surface area contributed by atoms with E-state index in [-0.39, 0.29) is 68.7 Å². The third-order valence-electron chi connectivity index (χ3n) is 15.3. The maximum atomic E-state index is 10.8. The highest BCUT2D eigenvalue weighted by Crippen LogP contribution is 2.67. The molecule has 2 heterocycles. The first-order chi connectivity index (χ1) is 28.0. The number of rotatable bonds is 2. The topological polar surface area (TPSA) is 180 Å². The van der Waals surface area contributed by atoms with Crippen molar-refractivity contribution in [2.24, 2.45) is 11.8 Å². The molecular weight excluding hydrogens is 737 g/mol. The number of fused-ring (bicyclic) bond motifs is 8. The molecule has 10 rings (SSSR count). The molecule has 0 aromatic heterocycles. The molecule has 4 aromatic rings. The van der Waals surface area contributed by atoms with Gasteiger partial charge < -0.3 is 50.3 Å². The number of phenols is 8. The van der Waals surface area contributed by atoms with Gasteiger partial charge in [0.05, 0.1) is 0 Å². The lowest BCUT2D eigenvalue weighted by Crippen LogP contribution is -2.57. The summed E-state index contributed by atoms with van der Waals surface area (Å²) in [6.45, 7) is 0. The Morgan fingerprint density at radius 3 is 1.48 bits per heavy atom. The zero-order valence-corrected chi connectivity index (χ0v) is 33.1. The third kappa shape index (κ3) is 5.71. The van der Waals surface area contributed by atoms with E-state index < -0.39 is 17.0 Å². The Balaban J connectivity index is 0.000000151. The Kier molecular flexibility index (Phi) is 9.47. The third-order valence-corrected chi connectivity index (χ3v) is 15.3. The van der Waals surface area contributed by atoms with Crippen LogP contribution in [-0.2, 0) is 22.0 Å². The van der Waals surface area contributed by atoms with Gasteiger partial charge in [0, 0.05) is 57.1 Å². The molecule has 308 valence electrons. The quantitative estimate of drug-likeness (QED) is 0.0910. The Hall–Kier alpha value is -5.12. The summed E-state index contributed by atoms with van der Waals surface area (Å²) in [5, 5.41) is 82.7. The second kappa shape index (κ2) is 14.3. The second-order valence-corrected chi connectivity index (χ2v) is 18.0. The Morgan fingerprint density at radius 1 is 0.397 bits per heavy atom. The highest BCUT2D eigenvalue weighted by atomic mass is 16.5. The summed E-state index contributed by atoms with van der Waals surface area (Å²) in [5.41, 5.74) is 1.57. The van der Waals surface area contributed by atoms with Gasteiger partial charge in [0.1, 0.15) is 34.2 Å². The number of hydrogen-bond acceptors (Lipinski definition) is 10. The fourth-order valence-electron chi connectivity index (χ4n) is 12.9. The molecule has 10 nitrogen and oxygen atoms in total. The smallest absolute Gasteiger partial charge is 0.200 e. The fraction of sp³-hybridized carbons (Fsp3) is 0.500. The van der Waals surface area contributed by atoms with E-state index in [1.807, 2.05) is 12.1 Å². The number of hydrogen-bond donors (Lipinski definition) is 8. The van der Waals surface area contributed by atoms with Gasteiger partial charge in [0.2, 0.25) is 11.5 Å². The van der Waals surface area contributed by atoms with Gasteiger partial charge >= 0.3 is 0 Å². The summed E-state index contributed by atoms with van der Waals surface area (Å²) >= 11 is 0. The molecule has 4 saturated carbocycles. The van der Waals surface area contributed by atoms with E-state index in [4.69, 9.17) is 9.47 Å². The van der Waals surface area contributed by atoms with Crippen molar-refractivity contribution in [3.63, 3.8) is 0 Å². The molecule has 0 amide bonds. The van der Waals surface area contributed by atoms with Crippen molar-refractivity contribution in [3.05, 3.63) is 82.9 Å². The van der Waals surface area contributed by atoms with Gasteiger partial charge in [0.15, 0.2) is 23.0 Å². The molecule has 58 heavy (non-hydrogen) atoms. The van der Waals surface area contributed by atoms with E-state index in [0.29, 0.717) is 12.0 Å².